The maximum absolute atomic E-state index is 4.33. The molecule has 0 saturated heterocycles. The van der Waals surface area contributed by atoms with Crippen LogP contribution in [0.1, 0.15) is 30.2 Å². The molecule has 2 rings (SSSR count). The number of nitrogens with zero attached hydrogens (tertiary/aromatic N) is 2. The van der Waals surface area contributed by atoms with Gasteiger partial charge in [0, 0.05) is 18.4 Å². The van der Waals surface area contributed by atoms with Crippen LogP contribution in [0.5, 0.6) is 0 Å². The van der Waals surface area contributed by atoms with E-state index < -0.39 is 0 Å². The molecule has 3 nitrogen and oxygen atoms in total. The van der Waals surface area contributed by atoms with E-state index in [-0.39, 0.29) is 0 Å². The topological polar surface area (TPSA) is 29.9 Å². The van der Waals surface area contributed by atoms with E-state index >= 15 is 0 Å². The van der Waals surface area contributed by atoms with Gasteiger partial charge in [0.2, 0.25) is 0 Å². The molecule has 0 fully saturated rings. The fourth-order valence-electron chi connectivity index (χ4n) is 2.19. The molecular weight excluding hydrogens is 222 g/mol. The van der Waals surface area contributed by atoms with Crippen LogP contribution in [0.4, 0.5) is 5.69 Å². The Bertz CT molecular complexity index is 494. The molecule has 1 aromatic heterocycles. The highest BCUT2D eigenvalue weighted by Crippen LogP contribution is 2.14. The van der Waals surface area contributed by atoms with Gasteiger partial charge in [0.25, 0.3) is 0 Å². The number of hydrogen-bond acceptors (Lipinski definition) is 2. The van der Waals surface area contributed by atoms with Gasteiger partial charge in [-0.3, -0.25) is 4.68 Å². The highest BCUT2D eigenvalue weighted by Gasteiger charge is 2.02. The summed E-state index contributed by atoms with van der Waals surface area (Å²) < 4.78 is 2.07. The highest BCUT2D eigenvalue weighted by molar-refractivity contribution is 5.48. The van der Waals surface area contributed by atoms with E-state index in [0.29, 0.717) is 0 Å². The Labute approximate surface area is 109 Å². The van der Waals surface area contributed by atoms with E-state index in [1.54, 1.807) is 0 Å². The van der Waals surface area contributed by atoms with Gasteiger partial charge in [-0.25, -0.2) is 0 Å². The van der Waals surface area contributed by atoms with Gasteiger partial charge in [0.1, 0.15) is 0 Å². The first kappa shape index (κ1) is 12.7. The molecule has 3 heteroatoms. The average molecular weight is 243 g/mol. The number of aromatic nitrogens is 2. The standard InChI is InChI=1S/C15H21N3/c1-4-7-18-15(5-6-17-18)11-16-14-9-12(2)8-13(3)10-14/h5-6,8-10,16H,4,7,11H2,1-3H3. The lowest BCUT2D eigenvalue weighted by Crippen LogP contribution is -2.09. The molecule has 0 saturated carbocycles. The zero-order valence-corrected chi connectivity index (χ0v) is 11.4. The summed E-state index contributed by atoms with van der Waals surface area (Å²) in [6.07, 6.45) is 2.98. The molecule has 1 N–H and O–H groups in total. The van der Waals surface area contributed by atoms with Crippen LogP contribution in [-0.2, 0) is 13.1 Å². The van der Waals surface area contributed by atoms with Crippen molar-refractivity contribution in [3.8, 4) is 0 Å². The second-order valence-electron chi connectivity index (χ2n) is 4.78. The molecule has 0 radical (unpaired) electrons. The molecule has 0 spiro atoms. The van der Waals surface area contributed by atoms with Crippen LogP contribution in [0.15, 0.2) is 30.5 Å². The lowest BCUT2D eigenvalue weighted by molar-refractivity contribution is 0.578. The summed E-state index contributed by atoms with van der Waals surface area (Å²) in [6.45, 7) is 8.22. The highest BCUT2D eigenvalue weighted by atomic mass is 15.3. The van der Waals surface area contributed by atoms with Gasteiger partial charge in [-0.05, 0) is 49.6 Å². The molecule has 18 heavy (non-hydrogen) atoms. The van der Waals surface area contributed by atoms with Crippen molar-refractivity contribution in [2.45, 2.75) is 40.3 Å². The van der Waals surface area contributed by atoms with Crippen LogP contribution in [0.2, 0.25) is 0 Å². The lowest BCUT2D eigenvalue weighted by atomic mass is 10.1. The number of hydrogen-bond donors (Lipinski definition) is 1. The second kappa shape index (κ2) is 5.71. The molecule has 0 unspecified atom stereocenters. The third-order valence-electron chi connectivity index (χ3n) is 2.94. The average Bonchev–Trinajstić information content (AvgIpc) is 2.73. The van der Waals surface area contributed by atoms with Gasteiger partial charge >= 0.3 is 0 Å². The smallest absolute Gasteiger partial charge is 0.0575 e. The summed E-state index contributed by atoms with van der Waals surface area (Å²) in [5, 5.41) is 7.80. The number of rotatable bonds is 5. The van der Waals surface area contributed by atoms with Gasteiger partial charge < -0.3 is 5.32 Å². The van der Waals surface area contributed by atoms with Crippen molar-refractivity contribution in [1.29, 1.82) is 0 Å². The SMILES string of the molecule is CCCn1nccc1CNc1cc(C)cc(C)c1. The molecule has 0 aliphatic carbocycles. The summed E-state index contributed by atoms with van der Waals surface area (Å²) in [4.78, 5) is 0. The predicted octanol–water partition coefficient (Wildman–Crippen LogP) is 3.52. The van der Waals surface area contributed by atoms with Crippen LogP contribution >= 0.6 is 0 Å². The minimum absolute atomic E-state index is 0.822. The van der Waals surface area contributed by atoms with Gasteiger partial charge in [0.05, 0.1) is 12.2 Å². The van der Waals surface area contributed by atoms with E-state index in [2.05, 4.69) is 60.1 Å². The van der Waals surface area contributed by atoms with E-state index in [9.17, 15) is 0 Å². The Balaban J connectivity index is 2.04. The fourth-order valence-corrected chi connectivity index (χ4v) is 2.19. The third-order valence-corrected chi connectivity index (χ3v) is 2.94. The van der Waals surface area contributed by atoms with Crippen molar-refractivity contribution in [3.05, 3.63) is 47.3 Å². The monoisotopic (exact) mass is 243 g/mol. The van der Waals surface area contributed by atoms with Crippen molar-refractivity contribution in [2.75, 3.05) is 5.32 Å². The molecule has 0 bridgehead atoms. The maximum Gasteiger partial charge on any atom is 0.0575 e. The second-order valence-corrected chi connectivity index (χ2v) is 4.78. The molecule has 0 amide bonds. The van der Waals surface area contributed by atoms with E-state index in [1.165, 1.54) is 22.5 Å². The zero-order valence-electron chi connectivity index (χ0n) is 11.4. The Morgan fingerprint density at radius 1 is 1.17 bits per heavy atom. The molecule has 0 aliphatic heterocycles. The van der Waals surface area contributed by atoms with Gasteiger partial charge in [-0.2, -0.15) is 5.10 Å². The molecule has 0 atom stereocenters. The molecule has 96 valence electrons. The van der Waals surface area contributed by atoms with Gasteiger partial charge in [0.15, 0.2) is 0 Å². The van der Waals surface area contributed by atoms with Crippen LogP contribution < -0.4 is 5.32 Å². The zero-order chi connectivity index (χ0) is 13.0. The Kier molecular flexibility index (Phi) is 4.03. The third kappa shape index (κ3) is 3.13. The molecule has 1 heterocycles. The summed E-state index contributed by atoms with van der Waals surface area (Å²) in [6, 6.07) is 8.61. The van der Waals surface area contributed by atoms with E-state index in [1.807, 2.05) is 6.20 Å². The number of nitrogens with one attached hydrogen (secondary N) is 1. The first-order valence-electron chi connectivity index (χ1n) is 6.52. The Morgan fingerprint density at radius 2 is 1.89 bits per heavy atom. The summed E-state index contributed by atoms with van der Waals surface area (Å²) in [5.41, 5.74) is 4.99. The van der Waals surface area contributed by atoms with Crippen LogP contribution in [0.3, 0.4) is 0 Å². The largest absolute Gasteiger partial charge is 0.379 e. The molecule has 1 aromatic carbocycles. The first-order chi connectivity index (χ1) is 8.69. The summed E-state index contributed by atoms with van der Waals surface area (Å²) in [5.74, 6) is 0. The minimum atomic E-state index is 0.822. The number of benzene rings is 1. The molecule has 0 aliphatic rings. The van der Waals surface area contributed by atoms with Gasteiger partial charge in [-0.15, -0.1) is 0 Å². The maximum atomic E-state index is 4.33. The normalized spacial score (nSPS) is 10.6. The van der Waals surface area contributed by atoms with Crippen molar-refractivity contribution >= 4 is 5.69 Å². The van der Waals surface area contributed by atoms with Crippen molar-refractivity contribution in [3.63, 3.8) is 0 Å². The number of aryl methyl sites for hydroxylation is 3. The molecule has 2 aromatic rings. The van der Waals surface area contributed by atoms with Crippen molar-refractivity contribution < 1.29 is 0 Å². The van der Waals surface area contributed by atoms with Crippen molar-refractivity contribution in [2.24, 2.45) is 0 Å². The van der Waals surface area contributed by atoms with E-state index in [4.69, 9.17) is 0 Å². The van der Waals surface area contributed by atoms with E-state index in [0.717, 1.165) is 19.5 Å². The summed E-state index contributed by atoms with van der Waals surface area (Å²) in [7, 11) is 0. The lowest BCUT2D eigenvalue weighted by Gasteiger charge is -2.10. The summed E-state index contributed by atoms with van der Waals surface area (Å²) >= 11 is 0. The van der Waals surface area contributed by atoms with Crippen LogP contribution in [0, 0.1) is 13.8 Å². The van der Waals surface area contributed by atoms with Crippen LogP contribution in [0.25, 0.3) is 0 Å². The number of anilines is 1. The Morgan fingerprint density at radius 3 is 2.56 bits per heavy atom. The Hall–Kier alpha value is -1.77. The predicted molar refractivity (Wildman–Crippen MR) is 75.8 cm³/mol. The molecular formula is C15H21N3. The van der Waals surface area contributed by atoms with Crippen LogP contribution in [-0.4, -0.2) is 9.78 Å². The van der Waals surface area contributed by atoms with Crippen molar-refractivity contribution in [1.82, 2.24) is 9.78 Å². The first-order valence-corrected chi connectivity index (χ1v) is 6.52. The quantitative estimate of drug-likeness (QED) is 0.870. The minimum Gasteiger partial charge on any atom is -0.379 e. The van der Waals surface area contributed by atoms with Gasteiger partial charge in [-0.1, -0.05) is 13.0 Å². The fraction of sp³-hybridized carbons (Fsp3) is 0.400.